The van der Waals surface area contributed by atoms with Crippen molar-refractivity contribution >= 4 is 0 Å². The zero-order valence-electron chi connectivity index (χ0n) is 10.2. The maximum atomic E-state index is 5.55. The smallest absolute Gasteiger partial charge is 0.119 e. The van der Waals surface area contributed by atoms with Crippen LogP contribution in [0.15, 0.2) is 24.3 Å². The van der Waals surface area contributed by atoms with Crippen molar-refractivity contribution in [2.45, 2.75) is 32.7 Å². The number of nitrogens with one attached hydrogen (secondary N) is 1. The van der Waals surface area contributed by atoms with Crippen LogP contribution in [-0.2, 0) is 0 Å². The second-order valence-corrected chi connectivity index (χ2v) is 4.38. The van der Waals surface area contributed by atoms with Crippen LogP contribution in [0.4, 0.5) is 0 Å². The van der Waals surface area contributed by atoms with Crippen molar-refractivity contribution in [2.75, 3.05) is 13.2 Å². The highest BCUT2D eigenvalue weighted by molar-refractivity contribution is 5.31. The highest BCUT2D eigenvalue weighted by Crippen LogP contribution is 2.41. The van der Waals surface area contributed by atoms with Crippen LogP contribution in [0.25, 0.3) is 0 Å². The maximum absolute atomic E-state index is 5.55. The first kappa shape index (κ1) is 11.5. The zero-order chi connectivity index (χ0) is 11.4. The molecule has 1 aromatic rings. The lowest BCUT2D eigenvalue weighted by Crippen LogP contribution is -2.22. The summed E-state index contributed by atoms with van der Waals surface area (Å²) in [6.45, 7) is 5.95. The van der Waals surface area contributed by atoms with Crippen LogP contribution in [0.2, 0.25) is 0 Å². The first-order chi connectivity index (χ1) is 7.85. The molecule has 1 fully saturated rings. The first-order valence-corrected chi connectivity index (χ1v) is 6.31. The van der Waals surface area contributed by atoms with E-state index in [0.717, 1.165) is 24.8 Å². The fourth-order valence-electron chi connectivity index (χ4n) is 2.17. The average molecular weight is 219 g/mol. The van der Waals surface area contributed by atoms with Crippen LogP contribution in [-0.4, -0.2) is 13.2 Å². The van der Waals surface area contributed by atoms with Crippen LogP contribution in [0.3, 0.4) is 0 Å². The van der Waals surface area contributed by atoms with E-state index >= 15 is 0 Å². The summed E-state index contributed by atoms with van der Waals surface area (Å²) in [5.74, 6) is 1.82. The van der Waals surface area contributed by atoms with Crippen molar-refractivity contribution in [1.29, 1.82) is 0 Å². The van der Waals surface area contributed by atoms with Crippen molar-refractivity contribution in [1.82, 2.24) is 5.32 Å². The lowest BCUT2D eigenvalue weighted by Gasteiger charge is -2.18. The van der Waals surface area contributed by atoms with Gasteiger partial charge in [0.2, 0.25) is 0 Å². The maximum Gasteiger partial charge on any atom is 0.119 e. The minimum Gasteiger partial charge on any atom is -0.494 e. The Morgan fingerprint density at radius 1 is 1.38 bits per heavy atom. The third kappa shape index (κ3) is 2.76. The largest absolute Gasteiger partial charge is 0.494 e. The Balaban J connectivity index is 2.12. The molecule has 16 heavy (non-hydrogen) atoms. The highest BCUT2D eigenvalue weighted by Gasteiger charge is 2.31. The molecular weight excluding hydrogens is 198 g/mol. The van der Waals surface area contributed by atoms with Gasteiger partial charge in [-0.3, -0.25) is 0 Å². The molecule has 1 unspecified atom stereocenters. The molecule has 0 aromatic heterocycles. The predicted molar refractivity (Wildman–Crippen MR) is 66.8 cm³/mol. The molecule has 2 heteroatoms. The number of rotatable bonds is 6. The van der Waals surface area contributed by atoms with E-state index in [2.05, 4.69) is 30.4 Å². The standard InChI is InChI=1S/C14H21NO/c1-3-15-14(11-8-9-11)12-6-5-7-13(10-12)16-4-2/h5-7,10-11,14-15H,3-4,8-9H2,1-2H3. The summed E-state index contributed by atoms with van der Waals surface area (Å²) in [6.07, 6.45) is 2.72. The molecule has 2 nitrogen and oxygen atoms in total. The first-order valence-electron chi connectivity index (χ1n) is 6.31. The van der Waals surface area contributed by atoms with Gasteiger partial charge in [-0.1, -0.05) is 19.1 Å². The fourth-order valence-corrected chi connectivity index (χ4v) is 2.17. The Hall–Kier alpha value is -1.02. The van der Waals surface area contributed by atoms with Crippen LogP contribution in [0.5, 0.6) is 5.75 Å². The Morgan fingerprint density at radius 3 is 2.81 bits per heavy atom. The third-order valence-electron chi connectivity index (χ3n) is 3.05. The van der Waals surface area contributed by atoms with E-state index in [1.165, 1.54) is 18.4 Å². The molecule has 1 aromatic carbocycles. The topological polar surface area (TPSA) is 21.3 Å². The van der Waals surface area contributed by atoms with Crippen LogP contribution in [0.1, 0.15) is 38.3 Å². The lowest BCUT2D eigenvalue weighted by atomic mass is 10.0. The van der Waals surface area contributed by atoms with Crippen molar-refractivity contribution in [3.63, 3.8) is 0 Å². The highest BCUT2D eigenvalue weighted by atomic mass is 16.5. The number of hydrogen-bond donors (Lipinski definition) is 1. The summed E-state index contributed by atoms with van der Waals surface area (Å²) in [7, 11) is 0. The molecule has 0 radical (unpaired) electrons. The van der Waals surface area contributed by atoms with Crippen LogP contribution >= 0.6 is 0 Å². The van der Waals surface area contributed by atoms with Crippen molar-refractivity contribution in [3.8, 4) is 5.75 Å². The van der Waals surface area contributed by atoms with Crippen molar-refractivity contribution in [3.05, 3.63) is 29.8 Å². The van der Waals surface area contributed by atoms with Crippen molar-refractivity contribution < 1.29 is 4.74 Å². The van der Waals surface area contributed by atoms with E-state index in [-0.39, 0.29) is 0 Å². The fraction of sp³-hybridized carbons (Fsp3) is 0.571. The van der Waals surface area contributed by atoms with Gasteiger partial charge in [0.1, 0.15) is 5.75 Å². The molecule has 0 saturated heterocycles. The molecular formula is C14H21NO. The van der Waals surface area contributed by atoms with Gasteiger partial charge in [-0.05, 0) is 49.9 Å². The van der Waals surface area contributed by atoms with Gasteiger partial charge in [0.15, 0.2) is 0 Å². The summed E-state index contributed by atoms with van der Waals surface area (Å²) in [5, 5.41) is 3.57. The Bertz CT molecular complexity index is 333. The summed E-state index contributed by atoms with van der Waals surface area (Å²) < 4.78 is 5.55. The molecule has 0 spiro atoms. The summed E-state index contributed by atoms with van der Waals surface area (Å²) >= 11 is 0. The second-order valence-electron chi connectivity index (χ2n) is 4.38. The van der Waals surface area contributed by atoms with E-state index in [1.807, 2.05) is 13.0 Å². The molecule has 1 atom stereocenters. The van der Waals surface area contributed by atoms with E-state index < -0.39 is 0 Å². The average Bonchev–Trinajstić information content (AvgIpc) is 3.11. The van der Waals surface area contributed by atoms with Gasteiger partial charge in [0.05, 0.1) is 6.61 Å². The van der Waals surface area contributed by atoms with E-state index in [9.17, 15) is 0 Å². The molecule has 1 N–H and O–H groups in total. The van der Waals surface area contributed by atoms with Gasteiger partial charge in [-0.15, -0.1) is 0 Å². The summed E-state index contributed by atoms with van der Waals surface area (Å²) in [5.41, 5.74) is 1.37. The predicted octanol–water partition coefficient (Wildman–Crippen LogP) is 3.15. The minimum atomic E-state index is 0.519. The molecule has 1 saturated carbocycles. The zero-order valence-corrected chi connectivity index (χ0v) is 10.2. The van der Waals surface area contributed by atoms with Gasteiger partial charge in [-0.25, -0.2) is 0 Å². The molecule has 1 aliphatic rings. The number of hydrogen-bond acceptors (Lipinski definition) is 2. The second kappa shape index (κ2) is 5.35. The number of ether oxygens (including phenoxy) is 1. The monoisotopic (exact) mass is 219 g/mol. The SMILES string of the molecule is CCNC(c1cccc(OCC)c1)C1CC1. The quantitative estimate of drug-likeness (QED) is 0.793. The van der Waals surface area contributed by atoms with Crippen LogP contribution in [0, 0.1) is 5.92 Å². The minimum absolute atomic E-state index is 0.519. The molecule has 0 aliphatic heterocycles. The normalized spacial score (nSPS) is 17.1. The Labute approximate surface area is 98.0 Å². The van der Waals surface area contributed by atoms with Gasteiger partial charge in [0, 0.05) is 6.04 Å². The van der Waals surface area contributed by atoms with Gasteiger partial charge in [-0.2, -0.15) is 0 Å². The summed E-state index contributed by atoms with van der Waals surface area (Å²) in [4.78, 5) is 0. The van der Waals surface area contributed by atoms with Gasteiger partial charge in [0.25, 0.3) is 0 Å². The third-order valence-corrected chi connectivity index (χ3v) is 3.05. The molecule has 0 heterocycles. The molecule has 0 bridgehead atoms. The molecule has 0 amide bonds. The lowest BCUT2D eigenvalue weighted by molar-refractivity contribution is 0.339. The van der Waals surface area contributed by atoms with Gasteiger partial charge >= 0.3 is 0 Å². The van der Waals surface area contributed by atoms with Gasteiger partial charge < -0.3 is 10.1 Å². The molecule has 88 valence electrons. The molecule has 2 rings (SSSR count). The van der Waals surface area contributed by atoms with E-state index in [4.69, 9.17) is 4.74 Å². The van der Waals surface area contributed by atoms with E-state index in [0.29, 0.717) is 6.04 Å². The van der Waals surface area contributed by atoms with Crippen LogP contribution < -0.4 is 10.1 Å². The van der Waals surface area contributed by atoms with Crippen molar-refractivity contribution in [2.24, 2.45) is 5.92 Å². The van der Waals surface area contributed by atoms with E-state index in [1.54, 1.807) is 0 Å². The molecule has 1 aliphatic carbocycles. The Morgan fingerprint density at radius 2 is 2.19 bits per heavy atom. The summed E-state index contributed by atoms with van der Waals surface area (Å²) in [6, 6.07) is 9.02. The number of benzene rings is 1. The Kier molecular flexibility index (Phi) is 3.83.